The van der Waals surface area contributed by atoms with E-state index in [4.69, 9.17) is 28.4 Å². The minimum atomic E-state index is -1.09. The van der Waals surface area contributed by atoms with Crippen LogP contribution in [-0.4, -0.2) is 145 Å². The lowest BCUT2D eigenvalue weighted by Gasteiger charge is -2.21. The van der Waals surface area contributed by atoms with Crippen LogP contribution in [0.1, 0.15) is 159 Å². The summed E-state index contributed by atoms with van der Waals surface area (Å²) in [5, 5.41) is 0. The fraction of sp³-hybridized carbons (Fsp3) is 0.304. The molecule has 0 aromatic heterocycles. The molecule has 0 saturated heterocycles. The van der Waals surface area contributed by atoms with E-state index in [0.717, 1.165) is 37.5 Å². The van der Waals surface area contributed by atoms with E-state index in [1.165, 1.54) is 100 Å². The quantitative estimate of drug-likeness (QED) is 0.0380. The molecule has 27 heteroatoms. The summed E-state index contributed by atoms with van der Waals surface area (Å²) < 4.78 is 47.7. The molecule has 4 amide bonds. The zero-order valence-corrected chi connectivity index (χ0v) is 44.2. The Labute approximate surface area is 472 Å². The number of amides is 4. The van der Waals surface area contributed by atoms with Gasteiger partial charge >= 0.3 is 47.8 Å². The molecule has 2 aliphatic heterocycles. The van der Waals surface area contributed by atoms with Crippen molar-refractivity contribution in [3.63, 3.8) is 0 Å². The normalized spacial score (nSPS) is 12.8. The highest BCUT2D eigenvalue weighted by molar-refractivity contribution is 6.29. The van der Waals surface area contributed by atoms with Gasteiger partial charge in [-0.15, -0.1) is 0 Å². The fourth-order valence-electron chi connectivity index (χ4n) is 7.11. The highest BCUT2D eigenvalue weighted by Crippen LogP contribution is 2.33. The molecular weight excluding hydrogens is 1100 g/mol. The second kappa shape index (κ2) is 29.7. The van der Waals surface area contributed by atoms with Gasteiger partial charge in [0, 0.05) is 74.9 Å². The van der Waals surface area contributed by atoms with Crippen LogP contribution < -0.4 is 9.47 Å². The third kappa shape index (κ3) is 17.3. The summed E-state index contributed by atoms with van der Waals surface area (Å²) in [6, 6.07) is 16.2. The highest BCUT2D eigenvalue weighted by atomic mass is 16.7. The summed E-state index contributed by atoms with van der Waals surface area (Å²) in [5.74, 6) is -8.99. The van der Waals surface area contributed by atoms with Crippen molar-refractivity contribution in [1.82, 2.24) is 9.80 Å². The maximum atomic E-state index is 13.1. The molecule has 0 saturated carbocycles. The largest absolute Gasteiger partial charge is 0.479 e. The highest BCUT2D eigenvalue weighted by Gasteiger charge is 2.39. The van der Waals surface area contributed by atoms with Crippen molar-refractivity contribution in [1.29, 1.82) is 0 Å². The Morgan fingerprint density at radius 2 is 0.651 bits per heavy atom. The van der Waals surface area contributed by atoms with Crippen molar-refractivity contribution in [2.45, 2.75) is 82.5 Å². The topological polar surface area (TPSA) is 355 Å². The standard InChI is InChI=1S/C26H24O12.C23H16N2O9.C5H8O4.2CH4/c1-13(25(31)35-11-33-15(3)27)37-17-5-7-19-21(9-17)23(29)20-8-6-18(10-22(20)24(19)30)38-14(2)26(32)36-12-34-16(4)28;1-11(26)33-9-24-20(29)15-5-3-13(7-17(15)22(24)31)19(28)14-4-6-16-18(8-14)23(32)25(21(16)30)10-34-12(2)27;1-4(6)8-3-9-5(2)7;;/h5-10,13-14H,11-12H2,1-4H3;3-8H,9-10H2,1-2H3;3H2,1-2H3;2*1H4. The van der Waals surface area contributed by atoms with Gasteiger partial charge in [-0.1, -0.05) is 27.0 Å². The lowest BCUT2D eigenvalue weighted by atomic mass is 9.84. The Balaban J connectivity index is 0.000000372. The fourth-order valence-corrected chi connectivity index (χ4v) is 7.11. The maximum Gasteiger partial charge on any atom is 0.349 e. The van der Waals surface area contributed by atoms with Crippen LogP contribution in [0.25, 0.3) is 0 Å². The number of hydrogen-bond donors (Lipinski definition) is 0. The van der Waals surface area contributed by atoms with Crippen molar-refractivity contribution >= 4 is 88.7 Å². The number of benzene rings is 4. The number of imide groups is 2. The Morgan fingerprint density at radius 1 is 0.361 bits per heavy atom. The van der Waals surface area contributed by atoms with Gasteiger partial charge in [0.2, 0.25) is 20.4 Å². The molecule has 0 N–H and O–H groups in total. The molecule has 2 heterocycles. The van der Waals surface area contributed by atoms with Crippen LogP contribution in [0.2, 0.25) is 0 Å². The molecule has 1 aliphatic carbocycles. The number of hydrogen-bond acceptors (Lipinski definition) is 25. The van der Waals surface area contributed by atoms with Gasteiger partial charge in [0.1, 0.15) is 11.5 Å². The molecule has 2 atom stereocenters. The number of esters is 8. The van der Waals surface area contributed by atoms with Gasteiger partial charge in [0.25, 0.3) is 23.6 Å². The third-order valence-corrected chi connectivity index (χ3v) is 11.0. The van der Waals surface area contributed by atoms with Crippen LogP contribution in [-0.2, 0) is 76.3 Å². The average Bonchev–Trinajstić information content (AvgIpc) is 3.90. The molecule has 4 aromatic carbocycles. The van der Waals surface area contributed by atoms with Gasteiger partial charge in [-0.05, 0) is 74.5 Å². The van der Waals surface area contributed by atoms with Gasteiger partial charge in [-0.3, -0.25) is 62.3 Å². The Hall–Kier alpha value is -10.5. The molecule has 0 spiro atoms. The number of ether oxygens (including phenoxy) is 10. The van der Waals surface area contributed by atoms with Gasteiger partial charge in [0.05, 0.1) is 22.3 Å². The molecule has 0 fully saturated rings. The molecule has 83 heavy (non-hydrogen) atoms. The Morgan fingerprint density at radius 3 is 0.964 bits per heavy atom. The maximum absolute atomic E-state index is 13.1. The van der Waals surface area contributed by atoms with Crippen LogP contribution >= 0.6 is 0 Å². The minimum absolute atomic E-state index is 0. The lowest BCUT2D eigenvalue weighted by molar-refractivity contribution is -0.172. The van der Waals surface area contributed by atoms with E-state index in [-0.39, 0.29) is 88.8 Å². The number of ketones is 3. The van der Waals surface area contributed by atoms with Crippen LogP contribution in [0.3, 0.4) is 0 Å². The van der Waals surface area contributed by atoms with Gasteiger partial charge in [-0.2, -0.15) is 0 Å². The summed E-state index contributed by atoms with van der Waals surface area (Å²) >= 11 is 0. The predicted molar refractivity (Wildman–Crippen MR) is 278 cm³/mol. The number of rotatable bonds is 18. The minimum Gasteiger partial charge on any atom is -0.479 e. The Kier molecular flexibility index (Phi) is 23.9. The average molecular weight is 1160 g/mol. The number of fused-ring (bicyclic) bond motifs is 4. The van der Waals surface area contributed by atoms with Crippen LogP contribution in [0.15, 0.2) is 72.8 Å². The second-order valence-corrected chi connectivity index (χ2v) is 16.9. The second-order valence-electron chi connectivity index (χ2n) is 16.9. The zero-order valence-electron chi connectivity index (χ0n) is 44.2. The monoisotopic (exact) mass is 1160 g/mol. The molecule has 7 rings (SSSR count). The molecule has 4 aromatic rings. The molecule has 27 nitrogen and oxygen atoms in total. The molecule has 0 bridgehead atoms. The summed E-state index contributed by atoms with van der Waals surface area (Å²) in [4.78, 5) is 178. The number of carbonyl (C=O) groups is 15. The first-order valence-corrected chi connectivity index (χ1v) is 23.6. The van der Waals surface area contributed by atoms with E-state index in [2.05, 4.69) is 18.9 Å². The third-order valence-electron chi connectivity index (χ3n) is 11.0. The summed E-state index contributed by atoms with van der Waals surface area (Å²) in [6.07, 6.45) is -2.18. The van der Waals surface area contributed by atoms with Gasteiger partial charge in [-0.25, -0.2) is 19.4 Å². The van der Waals surface area contributed by atoms with E-state index < -0.39 is 128 Å². The van der Waals surface area contributed by atoms with Crippen LogP contribution in [0.4, 0.5) is 0 Å². The zero-order chi connectivity index (χ0) is 60.0. The van der Waals surface area contributed by atoms with E-state index in [1.807, 2.05) is 0 Å². The molecule has 0 radical (unpaired) electrons. The molecule has 2 unspecified atom stereocenters. The van der Waals surface area contributed by atoms with Gasteiger partial charge < -0.3 is 47.4 Å². The smallest absolute Gasteiger partial charge is 0.349 e. The summed E-state index contributed by atoms with van der Waals surface area (Å²) in [7, 11) is 0. The van der Waals surface area contributed by atoms with Crippen LogP contribution in [0.5, 0.6) is 11.5 Å². The van der Waals surface area contributed by atoms with Crippen molar-refractivity contribution in [3.8, 4) is 11.5 Å². The molecule has 3 aliphatic rings. The van der Waals surface area contributed by atoms with E-state index in [9.17, 15) is 71.9 Å². The first kappa shape index (κ1) is 66.8. The molecular formula is C56H56N2O25. The number of nitrogens with zero attached hydrogens (tertiary/aromatic N) is 2. The lowest BCUT2D eigenvalue weighted by Crippen LogP contribution is -2.32. The van der Waals surface area contributed by atoms with E-state index >= 15 is 0 Å². The van der Waals surface area contributed by atoms with Crippen molar-refractivity contribution < 1.29 is 119 Å². The number of carbonyl (C=O) groups excluding carboxylic acids is 15. The van der Waals surface area contributed by atoms with E-state index in [0.29, 0.717) is 0 Å². The summed E-state index contributed by atoms with van der Waals surface area (Å²) in [6.45, 7) is 7.41. The first-order chi connectivity index (χ1) is 38.2. The Bertz CT molecular complexity index is 3090. The van der Waals surface area contributed by atoms with Gasteiger partial charge in [0.15, 0.2) is 43.0 Å². The molecule has 440 valence electrons. The predicted octanol–water partition coefficient (Wildman–Crippen LogP) is 4.62. The van der Waals surface area contributed by atoms with Crippen LogP contribution in [0, 0.1) is 0 Å². The SMILES string of the molecule is C.C.CC(=O)OCN1C(=O)c2ccc(C(=O)c3ccc4c(c3)C(=O)N(COC(C)=O)C4=O)cc2C1=O.CC(=O)OCOC(=O)C(C)Oc1ccc2c(c1)C(=O)c1ccc(OC(C)C(=O)OCOC(C)=O)cc1C2=O.CC(=O)OCOC(C)=O. The van der Waals surface area contributed by atoms with Crippen molar-refractivity contribution in [3.05, 3.63) is 128 Å². The van der Waals surface area contributed by atoms with E-state index in [1.54, 1.807) is 0 Å². The van der Waals surface area contributed by atoms with Crippen molar-refractivity contribution in [2.24, 2.45) is 0 Å². The summed E-state index contributed by atoms with van der Waals surface area (Å²) in [5.41, 5.74) is 0.607. The first-order valence-electron chi connectivity index (χ1n) is 23.6. The van der Waals surface area contributed by atoms with Crippen molar-refractivity contribution in [2.75, 3.05) is 33.8 Å².